The monoisotopic (exact) mass is 359 g/mol. The molecule has 0 aromatic heterocycles. The van der Waals surface area contributed by atoms with Gasteiger partial charge in [-0.1, -0.05) is 27.5 Å². The molecule has 0 radical (unpaired) electrons. The molecular formula is C15H19BrClNO2. The number of hydrogen-bond donors (Lipinski definition) is 1. The second-order valence-electron chi connectivity index (χ2n) is 5.67. The van der Waals surface area contributed by atoms with Gasteiger partial charge in [0.2, 0.25) is 0 Å². The molecule has 0 bridgehead atoms. The predicted molar refractivity (Wildman–Crippen MR) is 84.4 cm³/mol. The van der Waals surface area contributed by atoms with Crippen LogP contribution in [0.3, 0.4) is 0 Å². The van der Waals surface area contributed by atoms with Crippen LogP contribution in [0.2, 0.25) is 5.02 Å². The molecule has 1 saturated heterocycles. The second-order valence-corrected chi connectivity index (χ2v) is 7.00. The van der Waals surface area contributed by atoms with Crippen molar-refractivity contribution < 1.29 is 9.90 Å². The lowest BCUT2D eigenvalue weighted by molar-refractivity contribution is -0.0153. The molecule has 0 saturated carbocycles. The van der Waals surface area contributed by atoms with Gasteiger partial charge < -0.3 is 10.0 Å². The Morgan fingerprint density at radius 3 is 2.95 bits per heavy atom. The van der Waals surface area contributed by atoms with Gasteiger partial charge in [0, 0.05) is 29.5 Å². The molecule has 5 heteroatoms. The van der Waals surface area contributed by atoms with E-state index in [9.17, 15) is 9.90 Å². The van der Waals surface area contributed by atoms with Gasteiger partial charge in [-0.25, -0.2) is 0 Å². The van der Waals surface area contributed by atoms with Gasteiger partial charge in [-0.3, -0.25) is 4.79 Å². The zero-order valence-electron chi connectivity index (χ0n) is 11.5. The molecule has 1 heterocycles. The van der Waals surface area contributed by atoms with E-state index in [1.807, 2.05) is 13.0 Å². The number of carbonyl (C=O) groups excluding carboxylic acids is 1. The average Bonchev–Trinajstić information content (AvgIpc) is 2.35. The van der Waals surface area contributed by atoms with Crippen molar-refractivity contribution in [1.29, 1.82) is 0 Å². The van der Waals surface area contributed by atoms with Crippen molar-refractivity contribution in [2.75, 3.05) is 19.6 Å². The maximum atomic E-state index is 12.2. The van der Waals surface area contributed by atoms with Crippen LogP contribution in [0.5, 0.6) is 0 Å². The molecule has 1 aliphatic heterocycles. The van der Waals surface area contributed by atoms with E-state index in [-0.39, 0.29) is 5.78 Å². The number of piperidine rings is 1. The number of benzene rings is 1. The van der Waals surface area contributed by atoms with E-state index in [0.717, 1.165) is 23.9 Å². The maximum absolute atomic E-state index is 12.2. The fraction of sp³-hybridized carbons (Fsp3) is 0.533. The number of hydrogen-bond acceptors (Lipinski definition) is 3. The van der Waals surface area contributed by atoms with Crippen LogP contribution in [-0.2, 0) is 0 Å². The SMILES string of the molecule is CC1(O)CCCN(CCC(=O)c2ccc(Br)cc2Cl)C1. The van der Waals surface area contributed by atoms with Crippen molar-refractivity contribution in [3.63, 3.8) is 0 Å². The number of rotatable bonds is 4. The van der Waals surface area contributed by atoms with Gasteiger partial charge >= 0.3 is 0 Å². The second kappa shape index (κ2) is 6.56. The van der Waals surface area contributed by atoms with Crippen LogP contribution in [0.4, 0.5) is 0 Å². The molecule has 0 aliphatic carbocycles. The minimum absolute atomic E-state index is 0.0488. The Balaban J connectivity index is 1.92. The van der Waals surface area contributed by atoms with Crippen molar-refractivity contribution in [3.8, 4) is 0 Å². The summed E-state index contributed by atoms with van der Waals surface area (Å²) in [7, 11) is 0. The van der Waals surface area contributed by atoms with E-state index in [1.165, 1.54) is 0 Å². The van der Waals surface area contributed by atoms with Crippen LogP contribution in [0.1, 0.15) is 36.5 Å². The molecule has 1 aliphatic rings. The summed E-state index contributed by atoms with van der Waals surface area (Å²) >= 11 is 9.41. The van der Waals surface area contributed by atoms with Crippen molar-refractivity contribution in [3.05, 3.63) is 33.3 Å². The number of β-amino-alcohol motifs (C(OH)–C–C–N with tert-alkyl or cyclic N) is 1. The zero-order chi connectivity index (χ0) is 14.8. The summed E-state index contributed by atoms with van der Waals surface area (Å²) in [5.41, 5.74) is -0.0602. The number of aliphatic hydroxyl groups is 1. The zero-order valence-corrected chi connectivity index (χ0v) is 13.9. The Morgan fingerprint density at radius 1 is 1.55 bits per heavy atom. The lowest BCUT2D eigenvalue weighted by Gasteiger charge is -2.36. The first-order valence-electron chi connectivity index (χ1n) is 6.80. The molecule has 1 fully saturated rings. The predicted octanol–water partition coefficient (Wildman–Crippen LogP) is 3.52. The van der Waals surface area contributed by atoms with E-state index in [1.54, 1.807) is 12.1 Å². The van der Waals surface area contributed by atoms with Crippen molar-refractivity contribution >= 4 is 33.3 Å². The van der Waals surface area contributed by atoms with Crippen LogP contribution in [0.15, 0.2) is 22.7 Å². The summed E-state index contributed by atoms with van der Waals surface area (Å²) in [6.45, 7) is 4.10. The molecular weight excluding hydrogens is 342 g/mol. The minimum atomic E-state index is -0.628. The fourth-order valence-corrected chi connectivity index (χ4v) is 3.40. The highest BCUT2D eigenvalue weighted by Gasteiger charge is 2.28. The number of ketones is 1. The van der Waals surface area contributed by atoms with Crippen molar-refractivity contribution in [1.82, 2.24) is 4.90 Å². The highest BCUT2D eigenvalue weighted by molar-refractivity contribution is 9.10. The highest BCUT2D eigenvalue weighted by atomic mass is 79.9. The first-order valence-corrected chi connectivity index (χ1v) is 7.97. The van der Waals surface area contributed by atoms with Gasteiger partial charge in [-0.05, 0) is 44.5 Å². The third-order valence-corrected chi connectivity index (χ3v) is 4.45. The summed E-state index contributed by atoms with van der Waals surface area (Å²) < 4.78 is 0.867. The van der Waals surface area contributed by atoms with E-state index in [2.05, 4.69) is 20.8 Å². The molecule has 20 heavy (non-hydrogen) atoms. The van der Waals surface area contributed by atoms with Crippen molar-refractivity contribution in [2.45, 2.75) is 31.8 Å². The molecule has 0 spiro atoms. The van der Waals surface area contributed by atoms with E-state index in [4.69, 9.17) is 11.6 Å². The van der Waals surface area contributed by atoms with Gasteiger partial charge in [0.1, 0.15) is 0 Å². The molecule has 1 N–H and O–H groups in total. The Morgan fingerprint density at radius 2 is 2.30 bits per heavy atom. The highest BCUT2D eigenvalue weighted by Crippen LogP contribution is 2.24. The smallest absolute Gasteiger partial charge is 0.165 e. The largest absolute Gasteiger partial charge is 0.389 e. The van der Waals surface area contributed by atoms with E-state index < -0.39 is 5.60 Å². The molecule has 1 aromatic carbocycles. The molecule has 2 rings (SSSR count). The Hall–Kier alpha value is -0.420. The quantitative estimate of drug-likeness (QED) is 0.835. The maximum Gasteiger partial charge on any atom is 0.165 e. The number of likely N-dealkylation sites (tertiary alicyclic amines) is 1. The summed E-state index contributed by atoms with van der Waals surface area (Å²) in [4.78, 5) is 14.3. The van der Waals surface area contributed by atoms with Crippen LogP contribution >= 0.6 is 27.5 Å². The van der Waals surface area contributed by atoms with Crippen LogP contribution in [-0.4, -0.2) is 41.0 Å². The lowest BCUT2D eigenvalue weighted by Crippen LogP contribution is -2.46. The summed E-state index contributed by atoms with van der Waals surface area (Å²) in [6.07, 6.45) is 2.23. The van der Waals surface area contributed by atoms with Gasteiger partial charge in [0.25, 0.3) is 0 Å². The summed E-state index contributed by atoms with van der Waals surface area (Å²) in [6, 6.07) is 5.31. The van der Waals surface area contributed by atoms with Crippen LogP contribution in [0.25, 0.3) is 0 Å². The molecule has 0 amide bonds. The number of Topliss-reactive ketones (excluding diaryl/α,β-unsaturated/α-hetero) is 1. The van der Waals surface area contributed by atoms with Gasteiger partial charge in [-0.15, -0.1) is 0 Å². The molecule has 1 unspecified atom stereocenters. The number of carbonyl (C=O) groups is 1. The van der Waals surface area contributed by atoms with Gasteiger partial charge in [0.05, 0.1) is 10.6 Å². The van der Waals surface area contributed by atoms with Gasteiger partial charge in [0.15, 0.2) is 5.78 Å². The standard InChI is InChI=1S/C15H19BrClNO2/c1-15(20)6-2-7-18(10-15)8-5-14(19)12-4-3-11(16)9-13(12)17/h3-4,9,20H,2,5-8,10H2,1H3. The van der Waals surface area contributed by atoms with E-state index >= 15 is 0 Å². The lowest BCUT2D eigenvalue weighted by atomic mass is 9.95. The topological polar surface area (TPSA) is 40.5 Å². The number of nitrogens with zero attached hydrogens (tertiary/aromatic N) is 1. The first kappa shape index (κ1) is 16.0. The Bertz CT molecular complexity index is 505. The summed E-state index contributed by atoms with van der Waals surface area (Å²) in [5, 5.41) is 10.5. The van der Waals surface area contributed by atoms with Crippen LogP contribution in [0, 0.1) is 0 Å². The average molecular weight is 361 g/mol. The van der Waals surface area contributed by atoms with Gasteiger partial charge in [-0.2, -0.15) is 0 Å². The minimum Gasteiger partial charge on any atom is -0.389 e. The molecule has 110 valence electrons. The number of halogens is 2. The summed E-state index contributed by atoms with van der Waals surface area (Å²) in [5.74, 6) is 0.0488. The third-order valence-electron chi connectivity index (χ3n) is 3.64. The molecule has 3 nitrogen and oxygen atoms in total. The van der Waals surface area contributed by atoms with Crippen molar-refractivity contribution in [2.24, 2.45) is 0 Å². The first-order chi connectivity index (χ1) is 9.37. The molecule has 1 aromatic rings. The third kappa shape index (κ3) is 4.29. The molecule has 1 atom stereocenters. The fourth-order valence-electron chi connectivity index (χ4n) is 2.62. The van der Waals surface area contributed by atoms with E-state index in [0.29, 0.717) is 30.1 Å². The Kier molecular flexibility index (Phi) is 5.24. The van der Waals surface area contributed by atoms with Crippen LogP contribution < -0.4 is 0 Å². The Labute approximate surface area is 133 Å². The normalized spacial score (nSPS) is 23.8.